The van der Waals surface area contributed by atoms with Crippen molar-refractivity contribution in [3.05, 3.63) is 39.9 Å². The Kier molecular flexibility index (Phi) is 4.48. The number of carbonyl (C=O) groups is 1. The maximum Gasteiger partial charge on any atom is 0.269 e. The molecule has 1 aromatic carbocycles. The number of amides is 1. The van der Waals surface area contributed by atoms with E-state index >= 15 is 0 Å². The summed E-state index contributed by atoms with van der Waals surface area (Å²) in [7, 11) is 0. The summed E-state index contributed by atoms with van der Waals surface area (Å²) in [6.07, 6.45) is 0. The van der Waals surface area contributed by atoms with Crippen molar-refractivity contribution in [2.75, 3.05) is 11.6 Å². The average Bonchev–Trinajstić information content (AvgIpc) is 2.84. The van der Waals surface area contributed by atoms with Crippen molar-refractivity contribution in [2.45, 2.75) is 4.34 Å². The SMILES string of the molecule is Nc1nnc(SCNC(=O)c2ccc([N+](=O)[O-])cc2)s1. The van der Waals surface area contributed by atoms with Crippen molar-refractivity contribution in [3.8, 4) is 0 Å². The van der Waals surface area contributed by atoms with Crippen molar-refractivity contribution in [2.24, 2.45) is 0 Å². The maximum atomic E-state index is 11.8. The van der Waals surface area contributed by atoms with Crippen LogP contribution < -0.4 is 11.1 Å². The van der Waals surface area contributed by atoms with E-state index in [2.05, 4.69) is 15.5 Å². The van der Waals surface area contributed by atoms with Gasteiger partial charge in [0.05, 0.1) is 10.8 Å². The largest absolute Gasteiger partial charge is 0.374 e. The van der Waals surface area contributed by atoms with Crippen LogP contribution in [0.25, 0.3) is 0 Å². The molecule has 0 radical (unpaired) electrons. The maximum absolute atomic E-state index is 11.8. The van der Waals surface area contributed by atoms with E-state index in [0.717, 1.165) is 0 Å². The summed E-state index contributed by atoms with van der Waals surface area (Å²) in [4.78, 5) is 21.7. The van der Waals surface area contributed by atoms with Crippen LogP contribution >= 0.6 is 23.1 Å². The lowest BCUT2D eigenvalue weighted by molar-refractivity contribution is -0.384. The summed E-state index contributed by atoms with van der Waals surface area (Å²) in [6, 6.07) is 5.38. The number of hydrogen-bond acceptors (Lipinski definition) is 8. The van der Waals surface area contributed by atoms with Crippen LogP contribution in [0.3, 0.4) is 0 Å². The molecule has 0 aliphatic heterocycles. The number of nitro groups is 1. The van der Waals surface area contributed by atoms with Gasteiger partial charge in [-0.2, -0.15) is 0 Å². The van der Waals surface area contributed by atoms with Crippen LogP contribution in [0.4, 0.5) is 10.8 Å². The van der Waals surface area contributed by atoms with Crippen molar-refractivity contribution < 1.29 is 9.72 Å². The molecule has 1 heterocycles. The van der Waals surface area contributed by atoms with Gasteiger partial charge < -0.3 is 11.1 Å². The van der Waals surface area contributed by atoms with E-state index in [1.807, 2.05) is 0 Å². The molecule has 0 fully saturated rings. The Morgan fingerprint density at radius 3 is 2.65 bits per heavy atom. The molecule has 0 saturated heterocycles. The molecule has 20 heavy (non-hydrogen) atoms. The quantitative estimate of drug-likeness (QED) is 0.371. The van der Waals surface area contributed by atoms with Crippen molar-refractivity contribution in [1.29, 1.82) is 0 Å². The summed E-state index contributed by atoms with van der Waals surface area (Å²) in [5.74, 6) is -0.00495. The molecular formula is C10H9N5O3S2. The molecule has 8 nitrogen and oxygen atoms in total. The Labute approximate surface area is 121 Å². The highest BCUT2D eigenvalue weighted by atomic mass is 32.2. The van der Waals surface area contributed by atoms with Gasteiger partial charge in [0.25, 0.3) is 11.6 Å². The third-order valence-corrected chi connectivity index (χ3v) is 3.96. The Balaban J connectivity index is 1.86. The normalized spacial score (nSPS) is 10.2. The zero-order valence-corrected chi connectivity index (χ0v) is 11.6. The van der Waals surface area contributed by atoms with Gasteiger partial charge in [-0.05, 0) is 12.1 Å². The number of nitrogens with zero attached hydrogens (tertiary/aromatic N) is 3. The first-order valence-electron chi connectivity index (χ1n) is 5.30. The number of nitro benzene ring substituents is 1. The fourth-order valence-electron chi connectivity index (χ4n) is 1.28. The second-order valence-electron chi connectivity index (χ2n) is 3.50. The van der Waals surface area contributed by atoms with E-state index in [4.69, 9.17) is 5.73 Å². The number of carbonyl (C=O) groups excluding carboxylic acids is 1. The summed E-state index contributed by atoms with van der Waals surface area (Å²) < 4.78 is 0.659. The number of thioether (sulfide) groups is 1. The third kappa shape index (κ3) is 3.65. The number of benzene rings is 1. The van der Waals surface area contributed by atoms with E-state index < -0.39 is 4.92 Å². The number of non-ortho nitro benzene ring substituents is 1. The molecule has 2 aromatic rings. The fourth-order valence-corrected chi connectivity index (χ4v) is 2.71. The van der Waals surface area contributed by atoms with Crippen LogP contribution in [-0.4, -0.2) is 26.9 Å². The molecule has 0 bridgehead atoms. The lowest BCUT2D eigenvalue weighted by atomic mass is 10.2. The van der Waals surface area contributed by atoms with E-state index in [1.54, 1.807) is 0 Å². The Hall–Kier alpha value is -2.20. The smallest absolute Gasteiger partial charge is 0.269 e. The van der Waals surface area contributed by atoms with Crippen molar-refractivity contribution >= 4 is 39.8 Å². The second-order valence-corrected chi connectivity index (χ2v) is 5.74. The molecule has 1 aromatic heterocycles. The summed E-state index contributed by atoms with van der Waals surface area (Å²) in [6.45, 7) is 0. The molecule has 0 aliphatic carbocycles. The highest BCUT2D eigenvalue weighted by Crippen LogP contribution is 2.22. The minimum absolute atomic E-state index is 0.0553. The van der Waals surface area contributed by atoms with Crippen molar-refractivity contribution in [1.82, 2.24) is 15.5 Å². The first kappa shape index (κ1) is 14.2. The zero-order valence-electron chi connectivity index (χ0n) is 9.98. The molecule has 3 N–H and O–H groups in total. The predicted octanol–water partition coefficient (Wildman–Crippen LogP) is 1.51. The van der Waals surface area contributed by atoms with Gasteiger partial charge in [0.15, 0.2) is 4.34 Å². The molecule has 2 rings (SSSR count). The molecule has 0 spiro atoms. The number of anilines is 1. The van der Waals surface area contributed by atoms with Gasteiger partial charge in [-0.25, -0.2) is 0 Å². The Bertz CT molecular complexity index is 628. The van der Waals surface area contributed by atoms with E-state index in [-0.39, 0.29) is 11.6 Å². The van der Waals surface area contributed by atoms with E-state index in [9.17, 15) is 14.9 Å². The van der Waals surface area contributed by atoms with Crippen LogP contribution in [0.2, 0.25) is 0 Å². The van der Waals surface area contributed by atoms with Crippen molar-refractivity contribution in [3.63, 3.8) is 0 Å². The molecular weight excluding hydrogens is 302 g/mol. The minimum atomic E-state index is -0.516. The van der Waals surface area contributed by atoms with Gasteiger partial charge in [-0.3, -0.25) is 14.9 Å². The van der Waals surface area contributed by atoms with E-state index in [0.29, 0.717) is 20.9 Å². The van der Waals surface area contributed by atoms with Gasteiger partial charge in [-0.15, -0.1) is 10.2 Å². The summed E-state index contributed by atoms with van der Waals surface area (Å²) >= 11 is 2.53. The van der Waals surface area contributed by atoms with Crippen LogP contribution in [0.5, 0.6) is 0 Å². The topological polar surface area (TPSA) is 124 Å². The summed E-state index contributed by atoms with van der Waals surface area (Å²) in [5, 5.41) is 21.0. The van der Waals surface area contributed by atoms with Gasteiger partial charge in [-0.1, -0.05) is 23.1 Å². The standard InChI is InChI=1S/C10H9N5O3S2/c11-9-13-14-10(20-9)19-5-12-8(16)6-1-3-7(4-2-6)15(17)18/h1-4H,5H2,(H2,11,13)(H,12,16). The predicted molar refractivity (Wildman–Crippen MR) is 75.6 cm³/mol. The first-order chi connectivity index (χ1) is 9.56. The molecule has 1 amide bonds. The fraction of sp³-hybridized carbons (Fsp3) is 0.100. The number of hydrogen-bond donors (Lipinski definition) is 2. The number of nitrogens with one attached hydrogen (secondary N) is 1. The molecule has 0 aliphatic rings. The Morgan fingerprint density at radius 2 is 2.10 bits per heavy atom. The number of aromatic nitrogens is 2. The monoisotopic (exact) mass is 311 g/mol. The first-order valence-corrected chi connectivity index (χ1v) is 7.11. The van der Waals surface area contributed by atoms with Crippen LogP contribution in [-0.2, 0) is 0 Å². The van der Waals surface area contributed by atoms with E-state index in [1.165, 1.54) is 47.4 Å². The lowest BCUT2D eigenvalue weighted by Crippen LogP contribution is -2.22. The van der Waals surface area contributed by atoms with Gasteiger partial charge >= 0.3 is 0 Å². The highest BCUT2D eigenvalue weighted by molar-refractivity contribution is 8.01. The Morgan fingerprint density at radius 1 is 1.40 bits per heavy atom. The molecule has 0 saturated carbocycles. The average molecular weight is 311 g/mol. The molecule has 10 heteroatoms. The van der Waals surface area contributed by atoms with Gasteiger partial charge in [0, 0.05) is 17.7 Å². The second kappa shape index (κ2) is 6.30. The summed E-state index contributed by atoms with van der Waals surface area (Å²) in [5.41, 5.74) is 5.73. The zero-order chi connectivity index (χ0) is 14.5. The highest BCUT2D eigenvalue weighted by Gasteiger charge is 2.09. The minimum Gasteiger partial charge on any atom is -0.374 e. The lowest BCUT2D eigenvalue weighted by Gasteiger charge is -2.03. The van der Waals surface area contributed by atoms with Crippen LogP contribution in [0, 0.1) is 10.1 Å². The number of nitrogen functional groups attached to an aromatic ring is 1. The van der Waals surface area contributed by atoms with Gasteiger partial charge in [0.1, 0.15) is 0 Å². The number of rotatable bonds is 5. The van der Waals surface area contributed by atoms with Gasteiger partial charge in [0.2, 0.25) is 5.13 Å². The third-order valence-electron chi connectivity index (χ3n) is 2.19. The molecule has 0 unspecified atom stereocenters. The van der Waals surface area contributed by atoms with Crippen LogP contribution in [0.15, 0.2) is 28.6 Å². The number of nitrogens with two attached hydrogens (primary N) is 1. The molecule has 0 atom stereocenters. The van der Waals surface area contributed by atoms with Crippen LogP contribution in [0.1, 0.15) is 10.4 Å². The molecule has 104 valence electrons.